The van der Waals surface area contributed by atoms with Gasteiger partial charge in [0.15, 0.2) is 17.2 Å². The van der Waals surface area contributed by atoms with E-state index in [0.717, 1.165) is 22.6 Å². The number of aromatic nitrogens is 2. The minimum atomic E-state index is -0.182. The Kier molecular flexibility index (Phi) is 2.94. The van der Waals surface area contributed by atoms with Crippen molar-refractivity contribution in [3.8, 4) is 11.5 Å². The molecule has 4 rings (SSSR count). The Balaban J connectivity index is 1.87. The zero-order valence-corrected chi connectivity index (χ0v) is 13.1. The van der Waals surface area contributed by atoms with Crippen LogP contribution in [0.4, 0.5) is 0 Å². The van der Waals surface area contributed by atoms with Crippen LogP contribution in [0.3, 0.4) is 0 Å². The van der Waals surface area contributed by atoms with E-state index in [1.807, 2.05) is 32.2 Å². The first kappa shape index (κ1) is 13.9. The average Bonchev–Trinajstić information content (AvgIpc) is 3.19. The fraction of sp³-hybridized carbons (Fsp3) is 0.294. The van der Waals surface area contributed by atoms with Gasteiger partial charge in [0, 0.05) is 24.8 Å². The summed E-state index contributed by atoms with van der Waals surface area (Å²) in [6.45, 7) is 6.45. The smallest absolute Gasteiger partial charge is 0.275 e. The van der Waals surface area contributed by atoms with Crippen LogP contribution in [0.2, 0.25) is 0 Å². The second-order valence-electron chi connectivity index (χ2n) is 5.73. The Hall–Kier alpha value is -2.76. The zero-order valence-electron chi connectivity index (χ0n) is 13.1. The molecule has 0 aliphatic carbocycles. The van der Waals surface area contributed by atoms with Crippen LogP contribution < -0.4 is 9.47 Å². The lowest BCUT2D eigenvalue weighted by atomic mass is 9.98. The molecule has 2 aromatic rings. The van der Waals surface area contributed by atoms with E-state index in [0.29, 0.717) is 18.0 Å². The number of rotatable bonds is 3. The van der Waals surface area contributed by atoms with Crippen molar-refractivity contribution < 1.29 is 14.3 Å². The standard InChI is InChI=1S/C17H17N3O3/c1-4-7-20-16(11-5-6-12-13(8-11)23-9-22-12)14-10(2)19(3)18-15(14)17(20)21/h4-6,8,16H,1,7,9H2,2-3H3. The normalized spacial score (nSPS) is 18.4. The summed E-state index contributed by atoms with van der Waals surface area (Å²) in [6, 6.07) is 5.62. The molecule has 1 aromatic heterocycles. The van der Waals surface area contributed by atoms with Gasteiger partial charge in [-0.3, -0.25) is 9.48 Å². The maximum absolute atomic E-state index is 12.7. The predicted octanol–water partition coefficient (Wildman–Crippen LogP) is 2.19. The molecule has 1 atom stereocenters. The molecular formula is C17H17N3O3. The lowest BCUT2D eigenvalue weighted by molar-refractivity contribution is 0.0762. The van der Waals surface area contributed by atoms with Crippen molar-refractivity contribution in [1.82, 2.24) is 14.7 Å². The maximum atomic E-state index is 12.7. The number of carbonyl (C=O) groups is 1. The number of fused-ring (bicyclic) bond motifs is 2. The van der Waals surface area contributed by atoms with Crippen LogP contribution in [0.15, 0.2) is 30.9 Å². The third-order valence-electron chi connectivity index (χ3n) is 4.47. The van der Waals surface area contributed by atoms with Crippen LogP contribution >= 0.6 is 0 Å². The number of aryl methyl sites for hydroxylation is 1. The van der Waals surface area contributed by atoms with Crippen LogP contribution in [-0.2, 0) is 7.05 Å². The molecule has 1 amide bonds. The molecule has 2 aliphatic rings. The van der Waals surface area contributed by atoms with Gasteiger partial charge >= 0.3 is 0 Å². The van der Waals surface area contributed by atoms with Crippen LogP contribution in [0.1, 0.15) is 33.4 Å². The summed E-state index contributed by atoms with van der Waals surface area (Å²) < 4.78 is 12.6. The zero-order chi connectivity index (χ0) is 16.1. The van der Waals surface area contributed by atoms with Gasteiger partial charge in [0.25, 0.3) is 5.91 Å². The highest BCUT2D eigenvalue weighted by Crippen LogP contribution is 2.43. The topological polar surface area (TPSA) is 56.6 Å². The van der Waals surface area contributed by atoms with Gasteiger partial charge in [0.1, 0.15) is 0 Å². The van der Waals surface area contributed by atoms with Crippen molar-refractivity contribution >= 4 is 5.91 Å². The van der Waals surface area contributed by atoms with E-state index < -0.39 is 0 Å². The Bertz CT molecular complexity index is 825. The molecule has 1 unspecified atom stereocenters. The Labute approximate surface area is 133 Å². The second kappa shape index (κ2) is 4.87. The van der Waals surface area contributed by atoms with Crippen LogP contribution in [0.25, 0.3) is 0 Å². The second-order valence-corrected chi connectivity index (χ2v) is 5.73. The highest BCUT2D eigenvalue weighted by molar-refractivity contribution is 5.98. The molecule has 0 saturated carbocycles. The molecule has 0 saturated heterocycles. The van der Waals surface area contributed by atoms with Crippen molar-refractivity contribution in [2.75, 3.05) is 13.3 Å². The Morgan fingerprint density at radius 1 is 1.39 bits per heavy atom. The molecule has 0 fully saturated rings. The van der Waals surface area contributed by atoms with Crippen LogP contribution in [-0.4, -0.2) is 33.9 Å². The third kappa shape index (κ3) is 1.87. The summed E-state index contributed by atoms with van der Waals surface area (Å²) in [4.78, 5) is 14.5. The van der Waals surface area contributed by atoms with Crippen LogP contribution in [0, 0.1) is 6.92 Å². The van der Waals surface area contributed by atoms with Gasteiger partial charge in [-0.15, -0.1) is 6.58 Å². The van der Waals surface area contributed by atoms with Crippen molar-refractivity contribution in [3.63, 3.8) is 0 Å². The number of hydrogen-bond donors (Lipinski definition) is 0. The monoisotopic (exact) mass is 311 g/mol. The van der Waals surface area contributed by atoms with E-state index >= 15 is 0 Å². The van der Waals surface area contributed by atoms with Crippen molar-refractivity contribution in [2.45, 2.75) is 13.0 Å². The van der Waals surface area contributed by atoms with Crippen LogP contribution in [0.5, 0.6) is 11.5 Å². The lowest BCUT2D eigenvalue weighted by Gasteiger charge is -2.25. The fourth-order valence-corrected chi connectivity index (χ4v) is 3.28. The molecular weight excluding hydrogens is 294 g/mol. The first-order valence-corrected chi connectivity index (χ1v) is 7.46. The van der Waals surface area contributed by atoms with Gasteiger partial charge in [0.05, 0.1) is 6.04 Å². The minimum absolute atomic E-state index is 0.0636. The quantitative estimate of drug-likeness (QED) is 0.815. The molecule has 118 valence electrons. The maximum Gasteiger partial charge on any atom is 0.275 e. The van der Waals surface area contributed by atoms with Crippen molar-refractivity contribution in [2.24, 2.45) is 7.05 Å². The molecule has 1 aromatic carbocycles. The van der Waals surface area contributed by atoms with Gasteiger partial charge in [-0.1, -0.05) is 12.1 Å². The van der Waals surface area contributed by atoms with Gasteiger partial charge in [-0.2, -0.15) is 5.10 Å². The number of nitrogens with zero attached hydrogens (tertiary/aromatic N) is 3. The van der Waals surface area contributed by atoms with Crippen molar-refractivity contribution in [1.29, 1.82) is 0 Å². The first-order chi connectivity index (χ1) is 11.1. The number of ether oxygens (including phenoxy) is 2. The molecule has 0 N–H and O–H groups in total. The van der Waals surface area contributed by atoms with E-state index in [4.69, 9.17) is 9.47 Å². The molecule has 23 heavy (non-hydrogen) atoms. The summed E-state index contributed by atoms with van der Waals surface area (Å²) in [5.41, 5.74) is 3.45. The molecule has 6 nitrogen and oxygen atoms in total. The molecule has 2 aliphatic heterocycles. The number of carbonyl (C=O) groups excluding carboxylic acids is 1. The molecule has 0 bridgehead atoms. The summed E-state index contributed by atoms with van der Waals surface area (Å²) in [6.07, 6.45) is 1.74. The van der Waals surface area contributed by atoms with Crippen molar-refractivity contribution in [3.05, 3.63) is 53.4 Å². The molecule has 0 spiro atoms. The van der Waals surface area contributed by atoms with Gasteiger partial charge in [-0.05, 0) is 24.6 Å². The predicted molar refractivity (Wildman–Crippen MR) is 83.6 cm³/mol. The highest BCUT2D eigenvalue weighted by Gasteiger charge is 2.41. The largest absolute Gasteiger partial charge is 0.454 e. The van der Waals surface area contributed by atoms with Gasteiger partial charge < -0.3 is 14.4 Å². The summed E-state index contributed by atoms with van der Waals surface area (Å²) in [7, 11) is 1.86. The van der Waals surface area contributed by atoms with E-state index in [2.05, 4.69) is 11.7 Å². The SMILES string of the molecule is C=CCN1C(=O)c2nn(C)c(C)c2C1c1ccc2c(c1)OCO2. The fourth-order valence-electron chi connectivity index (χ4n) is 3.28. The van der Waals surface area contributed by atoms with Gasteiger partial charge in [-0.25, -0.2) is 0 Å². The number of hydrogen-bond acceptors (Lipinski definition) is 4. The molecule has 0 radical (unpaired) electrons. The molecule has 6 heteroatoms. The number of benzene rings is 1. The molecule has 3 heterocycles. The summed E-state index contributed by atoms with van der Waals surface area (Å²) >= 11 is 0. The summed E-state index contributed by atoms with van der Waals surface area (Å²) in [5.74, 6) is 1.38. The summed E-state index contributed by atoms with van der Waals surface area (Å²) in [5, 5.41) is 4.39. The van der Waals surface area contributed by atoms with E-state index in [-0.39, 0.29) is 18.7 Å². The Morgan fingerprint density at radius 2 is 2.17 bits per heavy atom. The lowest BCUT2D eigenvalue weighted by Crippen LogP contribution is -2.30. The number of amides is 1. The minimum Gasteiger partial charge on any atom is -0.454 e. The third-order valence-corrected chi connectivity index (χ3v) is 4.47. The average molecular weight is 311 g/mol. The van der Waals surface area contributed by atoms with Gasteiger partial charge in [0.2, 0.25) is 6.79 Å². The van der Waals surface area contributed by atoms with E-state index in [9.17, 15) is 4.79 Å². The first-order valence-electron chi connectivity index (χ1n) is 7.46. The highest BCUT2D eigenvalue weighted by atomic mass is 16.7. The van der Waals surface area contributed by atoms with E-state index in [1.54, 1.807) is 15.7 Å². The Morgan fingerprint density at radius 3 is 2.96 bits per heavy atom. The van der Waals surface area contributed by atoms with E-state index in [1.165, 1.54) is 0 Å².